The lowest BCUT2D eigenvalue weighted by Gasteiger charge is -2.23. The van der Waals surface area contributed by atoms with E-state index in [0.29, 0.717) is 0 Å². The zero-order valence-electron chi connectivity index (χ0n) is 12.6. The van der Waals surface area contributed by atoms with Crippen molar-refractivity contribution in [1.82, 2.24) is 5.32 Å². The lowest BCUT2D eigenvalue weighted by molar-refractivity contribution is 0.332. The Morgan fingerprint density at radius 2 is 2.05 bits per heavy atom. The Morgan fingerprint density at radius 1 is 1.20 bits per heavy atom. The maximum absolute atomic E-state index is 3.65. The van der Waals surface area contributed by atoms with Crippen LogP contribution < -0.4 is 5.32 Å². The minimum atomic E-state index is 0.813. The van der Waals surface area contributed by atoms with Crippen LogP contribution in [-0.4, -0.2) is 18.8 Å². The summed E-state index contributed by atoms with van der Waals surface area (Å²) in [5.41, 5.74) is 1.63. The van der Waals surface area contributed by atoms with Gasteiger partial charge in [-0.25, -0.2) is 0 Å². The Hall–Kier alpha value is -0.470. The number of hydrogen-bond donors (Lipinski definition) is 1. The van der Waals surface area contributed by atoms with Crippen LogP contribution in [0, 0.1) is 11.8 Å². The van der Waals surface area contributed by atoms with Crippen LogP contribution in [0.25, 0.3) is 0 Å². The fourth-order valence-corrected chi connectivity index (χ4v) is 5.22. The van der Waals surface area contributed by atoms with E-state index < -0.39 is 0 Å². The van der Waals surface area contributed by atoms with Crippen molar-refractivity contribution in [2.75, 3.05) is 18.8 Å². The summed E-state index contributed by atoms with van der Waals surface area (Å²) >= 11 is 2.07. The molecule has 3 atom stereocenters. The first kappa shape index (κ1) is 14.5. The summed E-state index contributed by atoms with van der Waals surface area (Å²) < 4.78 is 0. The fourth-order valence-electron chi connectivity index (χ4n) is 3.95. The highest BCUT2D eigenvalue weighted by Crippen LogP contribution is 2.46. The molecule has 1 aliphatic heterocycles. The summed E-state index contributed by atoms with van der Waals surface area (Å²) in [5.74, 6) is 4.01. The third-order valence-electron chi connectivity index (χ3n) is 5.04. The molecule has 1 aromatic rings. The molecule has 3 rings (SSSR count). The van der Waals surface area contributed by atoms with Crippen LogP contribution in [-0.2, 0) is 0 Å². The summed E-state index contributed by atoms with van der Waals surface area (Å²) in [6, 6.07) is 9.06. The maximum Gasteiger partial charge on any atom is 0.0107 e. The fraction of sp³-hybridized carbons (Fsp3) is 0.667. The molecule has 1 heterocycles. The SMILES string of the molecule is CCCNCC1CCCC1CC1CSc2ccccc21. The molecular weight excluding hydrogens is 262 g/mol. The van der Waals surface area contributed by atoms with Gasteiger partial charge in [0.1, 0.15) is 0 Å². The summed E-state index contributed by atoms with van der Waals surface area (Å²) in [7, 11) is 0. The average Bonchev–Trinajstić information content (AvgIpc) is 3.08. The van der Waals surface area contributed by atoms with Crippen LogP contribution >= 0.6 is 11.8 Å². The Kier molecular flexibility index (Phi) is 5.06. The first-order valence-electron chi connectivity index (χ1n) is 8.31. The van der Waals surface area contributed by atoms with Crippen LogP contribution in [0.2, 0.25) is 0 Å². The first-order chi connectivity index (χ1) is 9.88. The molecule has 0 spiro atoms. The number of nitrogens with one attached hydrogen (secondary N) is 1. The Labute approximate surface area is 127 Å². The van der Waals surface area contributed by atoms with Crippen molar-refractivity contribution in [3.63, 3.8) is 0 Å². The van der Waals surface area contributed by atoms with E-state index in [0.717, 1.165) is 17.8 Å². The molecule has 20 heavy (non-hydrogen) atoms. The first-order valence-corrected chi connectivity index (χ1v) is 9.29. The third kappa shape index (κ3) is 3.23. The largest absolute Gasteiger partial charge is 0.316 e. The standard InChI is InChI=1S/C18H27NS/c1-2-10-19-12-15-7-5-6-14(15)11-16-13-20-18-9-4-3-8-17(16)18/h3-4,8-9,14-16,19H,2,5-7,10-13H2,1H3. The van der Waals surface area contributed by atoms with Gasteiger partial charge >= 0.3 is 0 Å². The van der Waals surface area contributed by atoms with Crippen molar-refractivity contribution in [2.24, 2.45) is 11.8 Å². The van der Waals surface area contributed by atoms with Crippen LogP contribution in [0.5, 0.6) is 0 Å². The third-order valence-corrected chi connectivity index (χ3v) is 6.29. The zero-order chi connectivity index (χ0) is 13.8. The predicted octanol–water partition coefficient (Wildman–Crippen LogP) is 4.68. The van der Waals surface area contributed by atoms with Gasteiger partial charge in [-0.1, -0.05) is 38.0 Å². The molecule has 110 valence electrons. The van der Waals surface area contributed by atoms with Crippen molar-refractivity contribution in [1.29, 1.82) is 0 Å². The Bertz CT molecular complexity index is 431. The lowest BCUT2D eigenvalue weighted by atomic mass is 9.84. The maximum atomic E-state index is 3.65. The molecule has 1 nitrogen and oxygen atoms in total. The van der Waals surface area contributed by atoms with Gasteiger partial charge in [0.15, 0.2) is 0 Å². The molecule has 1 fully saturated rings. The van der Waals surface area contributed by atoms with Crippen LogP contribution in [0.15, 0.2) is 29.2 Å². The molecule has 0 saturated heterocycles. The van der Waals surface area contributed by atoms with Gasteiger partial charge in [-0.15, -0.1) is 11.8 Å². The highest BCUT2D eigenvalue weighted by molar-refractivity contribution is 7.99. The molecule has 3 unspecified atom stereocenters. The smallest absolute Gasteiger partial charge is 0.0107 e. The van der Waals surface area contributed by atoms with Crippen LogP contribution in [0.3, 0.4) is 0 Å². The number of fused-ring (bicyclic) bond motifs is 1. The van der Waals surface area contributed by atoms with E-state index >= 15 is 0 Å². The molecule has 0 radical (unpaired) electrons. The van der Waals surface area contributed by atoms with E-state index in [2.05, 4.69) is 48.3 Å². The number of thioether (sulfide) groups is 1. The van der Waals surface area contributed by atoms with Crippen molar-refractivity contribution in [2.45, 2.75) is 49.8 Å². The second-order valence-electron chi connectivity index (χ2n) is 6.44. The van der Waals surface area contributed by atoms with Crippen molar-refractivity contribution in [3.8, 4) is 0 Å². The van der Waals surface area contributed by atoms with Crippen LogP contribution in [0.1, 0.15) is 50.5 Å². The molecule has 2 heteroatoms. The predicted molar refractivity (Wildman–Crippen MR) is 88.5 cm³/mol. The van der Waals surface area contributed by atoms with E-state index in [1.807, 2.05) is 0 Å². The highest BCUT2D eigenvalue weighted by Gasteiger charge is 2.32. The Morgan fingerprint density at radius 3 is 2.95 bits per heavy atom. The molecule has 0 aromatic heterocycles. The van der Waals surface area contributed by atoms with Crippen LogP contribution in [0.4, 0.5) is 0 Å². The van der Waals surface area contributed by atoms with Crippen molar-refractivity contribution in [3.05, 3.63) is 29.8 Å². The normalized spacial score (nSPS) is 28.8. The quantitative estimate of drug-likeness (QED) is 0.763. The summed E-state index contributed by atoms with van der Waals surface area (Å²) in [6.07, 6.45) is 7.03. The Balaban J connectivity index is 1.57. The molecule has 2 aliphatic rings. The van der Waals surface area contributed by atoms with E-state index in [-0.39, 0.29) is 0 Å². The second-order valence-corrected chi connectivity index (χ2v) is 7.50. The van der Waals surface area contributed by atoms with Crippen molar-refractivity contribution >= 4 is 11.8 Å². The van der Waals surface area contributed by atoms with Gasteiger partial charge in [-0.2, -0.15) is 0 Å². The summed E-state index contributed by atoms with van der Waals surface area (Å²) in [4.78, 5) is 1.54. The van der Waals surface area contributed by atoms with E-state index in [4.69, 9.17) is 0 Å². The monoisotopic (exact) mass is 289 g/mol. The summed E-state index contributed by atoms with van der Waals surface area (Å²) in [6.45, 7) is 4.69. The minimum Gasteiger partial charge on any atom is -0.316 e. The number of hydrogen-bond acceptors (Lipinski definition) is 2. The minimum absolute atomic E-state index is 0.813. The number of rotatable bonds is 6. The van der Waals surface area contributed by atoms with E-state index in [1.54, 1.807) is 5.56 Å². The molecule has 0 bridgehead atoms. The van der Waals surface area contributed by atoms with E-state index in [1.165, 1.54) is 55.8 Å². The highest BCUT2D eigenvalue weighted by atomic mass is 32.2. The number of benzene rings is 1. The van der Waals surface area contributed by atoms with Gasteiger partial charge in [-0.3, -0.25) is 0 Å². The van der Waals surface area contributed by atoms with Gasteiger partial charge < -0.3 is 5.32 Å². The van der Waals surface area contributed by atoms with Gasteiger partial charge in [0.25, 0.3) is 0 Å². The molecular formula is C18H27NS. The van der Waals surface area contributed by atoms with Gasteiger partial charge in [0.2, 0.25) is 0 Å². The summed E-state index contributed by atoms with van der Waals surface area (Å²) in [5, 5.41) is 3.65. The average molecular weight is 289 g/mol. The van der Waals surface area contributed by atoms with Gasteiger partial charge in [-0.05, 0) is 61.7 Å². The molecule has 1 aromatic carbocycles. The van der Waals surface area contributed by atoms with E-state index in [9.17, 15) is 0 Å². The molecule has 1 saturated carbocycles. The van der Waals surface area contributed by atoms with Crippen molar-refractivity contribution < 1.29 is 0 Å². The molecule has 0 amide bonds. The molecule has 1 aliphatic carbocycles. The second kappa shape index (κ2) is 7.00. The van der Waals surface area contributed by atoms with Gasteiger partial charge in [0, 0.05) is 10.6 Å². The topological polar surface area (TPSA) is 12.0 Å². The van der Waals surface area contributed by atoms with Gasteiger partial charge in [0.05, 0.1) is 0 Å². The lowest BCUT2D eigenvalue weighted by Crippen LogP contribution is -2.26. The zero-order valence-corrected chi connectivity index (χ0v) is 13.4. The molecule has 1 N–H and O–H groups in total.